The normalized spacial score (nSPS) is 21.6. The lowest BCUT2D eigenvalue weighted by atomic mass is 9.95. The van der Waals surface area contributed by atoms with E-state index in [0.717, 1.165) is 30.7 Å². The number of carbonyl (C=O) groups excluding carboxylic acids is 1. The van der Waals surface area contributed by atoms with E-state index in [4.69, 9.17) is 10.5 Å². The van der Waals surface area contributed by atoms with E-state index in [1.54, 1.807) is 7.11 Å². The molecule has 0 heterocycles. The maximum atomic E-state index is 12.1. The third-order valence-corrected chi connectivity index (χ3v) is 3.66. The number of halogens is 1. The van der Waals surface area contributed by atoms with Crippen LogP contribution in [0.2, 0.25) is 0 Å². The van der Waals surface area contributed by atoms with Crippen molar-refractivity contribution in [3.05, 3.63) is 24.3 Å². The number of nitrogens with two attached hydrogens (primary N) is 1. The standard InChI is InChI=1S/C14H20N2O2.ClH/c1-18-12-7-5-11(6-8-12)16-14(17)13-4-2-3-10(13)9-15;/h5-8,10,13H,2-4,9,15H2,1H3,(H,16,17);1H/t10-,13-;/m1./s1. The molecule has 2 atom stereocenters. The summed E-state index contributed by atoms with van der Waals surface area (Å²) in [6.45, 7) is 0.598. The molecular formula is C14H21ClN2O2. The van der Waals surface area contributed by atoms with Crippen molar-refractivity contribution in [1.82, 2.24) is 0 Å². The van der Waals surface area contributed by atoms with Crippen LogP contribution in [-0.4, -0.2) is 19.6 Å². The van der Waals surface area contributed by atoms with Crippen molar-refractivity contribution in [2.24, 2.45) is 17.6 Å². The van der Waals surface area contributed by atoms with Gasteiger partial charge in [0, 0.05) is 11.6 Å². The second kappa shape index (κ2) is 7.36. The molecule has 0 aromatic heterocycles. The Balaban J connectivity index is 0.00000180. The predicted octanol–water partition coefficient (Wildman–Crippen LogP) is 2.43. The van der Waals surface area contributed by atoms with Gasteiger partial charge in [0.1, 0.15) is 5.75 Å². The topological polar surface area (TPSA) is 64.3 Å². The maximum Gasteiger partial charge on any atom is 0.227 e. The number of hydrogen-bond acceptors (Lipinski definition) is 3. The van der Waals surface area contributed by atoms with Crippen molar-refractivity contribution in [1.29, 1.82) is 0 Å². The molecule has 0 spiro atoms. The smallest absolute Gasteiger partial charge is 0.227 e. The third-order valence-electron chi connectivity index (χ3n) is 3.66. The highest BCUT2D eigenvalue weighted by molar-refractivity contribution is 5.93. The average Bonchev–Trinajstić information content (AvgIpc) is 2.88. The number of nitrogens with one attached hydrogen (secondary N) is 1. The summed E-state index contributed by atoms with van der Waals surface area (Å²) in [5, 5.41) is 2.95. The van der Waals surface area contributed by atoms with E-state index in [-0.39, 0.29) is 24.2 Å². The summed E-state index contributed by atoms with van der Waals surface area (Å²) in [7, 11) is 1.62. The van der Waals surface area contributed by atoms with Crippen molar-refractivity contribution in [2.45, 2.75) is 19.3 Å². The van der Waals surface area contributed by atoms with E-state index in [1.165, 1.54) is 0 Å². The monoisotopic (exact) mass is 284 g/mol. The van der Waals surface area contributed by atoms with Gasteiger partial charge < -0.3 is 15.8 Å². The number of hydrogen-bond donors (Lipinski definition) is 2. The van der Waals surface area contributed by atoms with Gasteiger partial charge >= 0.3 is 0 Å². The van der Waals surface area contributed by atoms with Crippen molar-refractivity contribution in [3.63, 3.8) is 0 Å². The summed E-state index contributed by atoms with van der Waals surface area (Å²) >= 11 is 0. The molecule has 106 valence electrons. The molecule has 0 bridgehead atoms. The van der Waals surface area contributed by atoms with Gasteiger partial charge in [0.25, 0.3) is 0 Å². The van der Waals surface area contributed by atoms with E-state index < -0.39 is 0 Å². The fourth-order valence-electron chi connectivity index (χ4n) is 2.57. The number of benzene rings is 1. The van der Waals surface area contributed by atoms with E-state index in [9.17, 15) is 4.79 Å². The van der Waals surface area contributed by atoms with Crippen LogP contribution in [0.4, 0.5) is 5.69 Å². The fraction of sp³-hybridized carbons (Fsp3) is 0.500. The lowest BCUT2D eigenvalue weighted by Crippen LogP contribution is -2.29. The van der Waals surface area contributed by atoms with Crippen LogP contribution >= 0.6 is 12.4 Å². The zero-order valence-electron chi connectivity index (χ0n) is 11.1. The van der Waals surface area contributed by atoms with Gasteiger partial charge in [-0.3, -0.25) is 4.79 Å². The molecule has 1 aliphatic carbocycles. The molecule has 1 aromatic rings. The molecule has 1 saturated carbocycles. The lowest BCUT2D eigenvalue weighted by Gasteiger charge is -2.17. The Morgan fingerprint density at radius 2 is 2.05 bits per heavy atom. The second-order valence-electron chi connectivity index (χ2n) is 4.75. The second-order valence-corrected chi connectivity index (χ2v) is 4.75. The molecule has 19 heavy (non-hydrogen) atoms. The van der Waals surface area contributed by atoms with Gasteiger partial charge in [0.2, 0.25) is 5.91 Å². The van der Waals surface area contributed by atoms with Gasteiger partial charge in [-0.2, -0.15) is 0 Å². The van der Waals surface area contributed by atoms with Gasteiger partial charge in [-0.05, 0) is 49.6 Å². The Hall–Kier alpha value is -1.26. The first kappa shape index (κ1) is 15.8. The van der Waals surface area contributed by atoms with Crippen LogP contribution in [0, 0.1) is 11.8 Å². The number of amides is 1. The summed E-state index contributed by atoms with van der Waals surface area (Å²) in [6.07, 6.45) is 3.11. The number of ether oxygens (including phenoxy) is 1. The van der Waals surface area contributed by atoms with Crippen LogP contribution in [0.1, 0.15) is 19.3 Å². The Morgan fingerprint density at radius 3 is 2.63 bits per heavy atom. The van der Waals surface area contributed by atoms with Crippen LogP contribution in [0.5, 0.6) is 5.75 Å². The van der Waals surface area contributed by atoms with E-state index in [1.807, 2.05) is 24.3 Å². The summed E-state index contributed by atoms with van der Waals surface area (Å²) in [4.78, 5) is 12.1. The van der Waals surface area contributed by atoms with E-state index in [0.29, 0.717) is 12.5 Å². The molecule has 0 aliphatic heterocycles. The van der Waals surface area contributed by atoms with Gasteiger partial charge in [0.05, 0.1) is 7.11 Å². The largest absolute Gasteiger partial charge is 0.497 e. The van der Waals surface area contributed by atoms with E-state index in [2.05, 4.69) is 5.32 Å². The molecule has 1 amide bonds. The van der Waals surface area contributed by atoms with Crippen LogP contribution in [0.25, 0.3) is 0 Å². The Morgan fingerprint density at radius 1 is 1.37 bits per heavy atom. The zero-order valence-corrected chi connectivity index (χ0v) is 11.9. The lowest BCUT2D eigenvalue weighted by molar-refractivity contribution is -0.120. The highest BCUT2D eigenvalue weighted by atomic mass is 35.5. The molecule has 2 rings (SSSR count). The minimum Gasteiger partial charge on any atom is -0.497 e. The molecule has 4 nitrogen and oxygen atoms in total. The van der Waals surface area contributed by atoms with E-state index >= 15 is 0 Å². The highest BCUT2D eigenvalue weighted by Crippen LogP contribution is 2.31. The molecule has 0 saturated heterocycles. The quantitative estimate of drug-likeness (QED) is 0.892. The molecule has 1 aliphatic rings. The number of rotatable bonds is 4. The Labute approximate surface area is 120 Å². The highest BCUT2D eigenvalue weighted by Gasteiger charge is 2.31. The maximum absolute atomic E-state index is 12.1. The summed E-state index contributed by atoms with van der Waals surface area (Å²) in [5.41, 5.74) is 6.51. The number of anilines is 1. The van der Waals surface area contributed by atoms with Gasteiger partial charge in [0.15, 0.2) is 0 Å². The summed E-state index contributed by atoms with van der Waals surface area (Å²) in [6, 6.07) is 7.38. The fourth-order valence-corrected chi connectivity index (χ4v) is 2.57. The first-order valence-corrected chi connectivity index (χ1v) is 6.39. The molecule has 1 fully saturated rings. The first-order valence-electron chi connectivity index (χ1n) is 6.39. The predicted molar refractivity (Wildman–Crippen MR) is 78.8 cm³/mol. The molecule has 5 heteroatoms. The average molecular weight is 285 g/mol. The molecule has 1 aromatic carbocycles. The van der Waals surface area contributed by atoms with Crippen molar-refractivity contribution < 1.29 is 9.53 Å². The number of carbonyl (C=O) groups is 1. The van der Waals surface area contributed by atoms with Crippen LogP contribution < -0.4 is 15.8 Å². The summed E-state index contributed by atoms with van der Waals surface area (Å²) in [5.74, 6) is 1.28. The van der Waals surface area contributed by atoms with Gasteiger partial charge in [-0.15, -0.1) is 12.4 Å². The molecule has 0 radical (unpaired) electrons. The van der Waals surface area contributed by atoms with Crippen LogP contribution in [0.15, 0.2) is 24.3 Å². The van der Waals surface area contributed by atoms with Crippen LogP contribution in [0.3, 0.4) is 0 Å². The van der Waals surface area contributed by atoms with Crippen molar-refractivity contribution >= 4 is 24.0 Å². The molecule has 3 N–H and O–H groups in total. The van der Waals surface area contributed by atoms with Crippen molar-refractivity contribution in [3.8, 4) is 5.75 Å². The first-order chi connectivity index (χ1) is 8.74. The third kappa shape index (κ3) is 3.85. The number of methoxy groups -OCH3 is 1. The zero-order chi connectivity index (χ0) is 13.0. The molecular weight excluding hydrogens is 264 g/mol. The summed E-state index contributed by atoms with van der Waals surface area (Å²) < 4.78 is 5.08. The van der Waals surface area contributed by atoms with Crippen molar-refractivity contribution in [2.75, 3.05) is 19.0 Å². The minimum atomic E-state index is 0. The SMILES string of the molecule is COc1ccc(NC(=O)[C@@H]2CCC[C@@H]2CN)cc1.Cl. The van der Waals surface area contributed by atoms with Gasteiger partial charge in [-0.25, -0.2) is 0 Å². The van der Waals surface area contributed by atoms with Crippen LogP contribution in [-0.2, 0) is 4.79 Å². The Bertz CT molecular complexity index is 408. The Kier molecular flexibility index (Phi) is 6.12. The van der Waals surface area contributed by atoms with Gasteiger partial charge in [-0.1, -0.05) is 6.42 Å². The minimum absolute atomic E-state index is 0. The molecule has 0 unspecified atom stereocenters.